The summed E-state index contributed by atoms with van der Waals surface area (Å²) in [6.07, 6.45) is 0. The fourth-order valence-corrected chi connectivity index (χ4v) is 2.89. The Balaban J connectivity index is 2.76. The van der Waals surface area contributed by atoms with Gasteiger partial charge in [0.05, 0.1) is 10.2 Å². The molecule has 0 radical (unpaired) electrons. The van der Waals surface area contributed by atoms with E-state index < -0.39 is 5.97 Å². The van der Waals surface area contributed by atoms with Gasteiger partial charge in [-0.3, -0.25) is 0 Å². The number of hydrogen-bond acceptors (Lipinski definition) is 3. The summed E-state index contributed by atoms with van der Waals surface area (Å²) in [5.41, 5.74) is 1.76. The van der Waals surface area contributed by atoms with Crippen molar-refractivity contribution in [2.45, 2.75) is 6.92 Å². The smallest absolute Gasteiger partial charge is 0.365 e. The molecule has 0 spiro atoms. The Morgan fingerprint density at radius 1 is 1.57 bits per heavy atom. The lowest BCUT2D eigenvalue weighted by molar-refractivity contribution is 0.0696. The van der Waals surface area contributed by atoms with Gasteiger partial charge in [-0.1, -0.05) is 15.9 Å². The Morgan fingerprint density at radius 3 is 2.93 bits per heavy atom. The van der Waals surface area contributed by atoms with Crippen molar-refractivity contribution in [3.8, 4) is 0 Å². The van der Waals surface area contributed by atoms with Crippen LogP contribution in [0.1, 0.15) is 15.4 Å². The molecule has 0 aliphatic carbocycles. The number of hydrogen-bond donors (Lipinski definition) is 1. The first-order valence-corrected chi connectivity index (χ1v) is 5.49. The van der Waals surface area contributed by atoms with Crippen molar-refractivity contribution in [2.75, 3.05) is 0 Å². The fraction of sp³-hybridized carbons (Fsp3) is 0.111. The molecule has 1 heterocycles. The van der Waals surface area contributed by atoms with E-state index in [1.807, 2.05) is 19.1 Å². The number of aryl methyl sites for hydroxylation is 1. The van der Waals surface area contributed by atoms with Crippen LogP contribution in [0.3, 0.4) is 0 Å². The van der Waals surface area contributed by atoms with Gasteiger partial charge in [-0.25, -0.2) is 9.78 Å². The third kappa shape index (κ3) is 1.53. The standard InChI is InChI=1S/C9H6BrNO2S/c1-4-2-5(10)3-6-7(4)11-8(14-6)9(12)13/h2-3H,1H3,(H,12,13). The summed E-state index contributed by atoms with van der Waals surface area (Å²) in [7, 11) is 0. The minimum absolute atomic E-state index is 0.140. The normalized spacial score (nSPS) is 10.7. The van der Waals surface area contributed by atoms with Gasteiger partial charge in [0.2, 0.25) is 5.01 Å². The van der Waals surface area contributed by atoms with Gasteiger partial charge in [0.25, 0.3) is 0 Å². The summed E-state index contributed by atoms with van der Waals surface area (Å²) in [6.45, 7) is 1.92. The minimum atomic E-state index is -0.971. The van der Waals surface area contributed by atoms with E-state index in [1.54, 1.807) is 0 Å². The molecule has 1 aromatic heterocycles. The maximum Gasteiger partial charge on any atom is 0.365 e. The first kappa shape index (κ1) is 9.61. The molecule has 14 heavy (non-hydrogen) atoms. The third-order valence-electron chi connectivity index (χ3n) is 1.83. The Morgan fingerprint density at radius 2 is 2.29 bits per heavy atom. The van der Waals surface area contributed by atoms with E-state index in [4.69, 9.17) is 5.11 Å². The average molecular weight is 272 g/mol. The molecule has 72 valence electrons. The second-order valence-corrected chi connectivity index (χ2v) is 4.84. The number of halogens is 1. The van der Waals surface area contributed by atoms with Crippen LogP contribution in [0.15, 0.2) is 16.6 Å². The summed E-state index contributed by atoms with van der Waals surface area (Å²) >= 11 is 4.55. The molecule has 2 rings (SSSR count). The van der Waals surface area contributed by atoms with Gasteiger partial charge in [-0.15, -0.1) is 11.3 Å². The molecule has 0 aliphatic heterocycles. The number of aromatic carboxylic acids is 1. The molecule has 3 nitrogen and oxygen atoms in total. The molecular weight excluding hydrogens is 266 g/mol. The number of carboxylic acids is 1. The predicted molar refractivity (Wildman–Crippen MR) is 59.0 cm³/mol. The van der Waals surface area contributed by atoms with Gasteiger partial charge in [-0.05, 0) is 24.6 Å². The summed E-state index contributed by atoms with van der Waals surface area (Å²) in [6, 6.07) is 3.81. The van der Waals surface area contributed by atoms with Crippen molar-refractivity contribution in [2.24, 2.45) is 0 Å². The van der Waals surface area contributed by atoms with Crippen LogP contribution in [0.5, 0.6) is 0 Å². The number of carbonyl (C=O) groups is 1. The quantitative estimate of drug-likeness (QED) is 0.867. The van der Waals surface area contributed by atoms with Crippen LogP contribution in [0, 0.1) is 6.92 Å². The number of aromatic nitrogens is 1. The van der Waals surface area contributed by atoms with Crippen LogP contribution in [-0.4, -0.2) is 16.1 Å². The summed E-state index contributed by atoms with van der Waals surface area (Å²) in [5, 5.41) is 8.92. The molecule has 5 heteroatoms. The van der Waals surface area contributed by atoms with Crippen LogP contribution in [0.2, 0.25) is 0 Å². The van der Waals surface area contributed by atoms with Crippen LogP contribution >= 0.6 is 27.3 Å². The SMILES string of the molecule is Cc1cc(Br)cc2sc(C(=O)O)nc12. The maximum atomic E-state index is 10.7. The first-order chi connectivity index (χ1) is 6.58. The Kier molecular flexibility index (Phi) is 2.28. The minimum Gasteiger partial charge on any atom is -0.476 e. The molecule has 0 unspecified atom stereocenters. The van der Waals surface area contributed by atoms with E-state index in [0.29, 0.717) is 0 Å². The van der Waals surface area contributed by atoms with Gasteiger partial charge in [0.15, 0.2) is 0 Å². The van der Waals surface area contributed by atoms with E-state index in [9.17, 15) is 4.79 Å². The van der Waals surface area contributed by atoms with E-state index in [-0.39, 0.29) is 5.01 Å². The highest BCUT2D eigenvalue weighted by Gasteiger charge is 2.12. The lowest BCUT2D eigenvalue weighted by Crippen LogP contribution is -1.93. The number of rotatable bonds is 1. The van der Waals surface area contributed by atoms with E-state index in [2.05, 4.69) is 20.9 Å². The van der Waals surface area contributed by atoms with E-state index in [0.717, 1.165) is 20.3 Å². The molecule has 0 saturated carbocycles. The zero-order valence-corrected chi connectivity index (χ0v) is 9.65. The lowest BCUT2D eigenvalue weighted by Gasteiger charge is -1.94. The van der Waals surface area contributed by atoms with Crippen molar-refractivity contribution in [1.82, 2.24) is 4.98 Å². The summed E-state index contributed by atoms with van der Waals surface area (Å²) < 4.78 is 1.84. The van der Waals surface area contributed by atoms with Crippen molar-refractivity contribution in [1.29, 1.82) is 0 Å². The lowest BCUT2D eigenvalue weighted by atomic mass is 10.2. The summed E-state index contributed by atoms with van der Waals surface area (Å²) in [4.78, 5) is 14.8. The predicted octanol–water partition coefficient (Wildman–Crippen LogP) is 3.07. The monoisotopic (exact) mass is 271 g/mol. The van der Waals surface area contributed by atoms with Gasteiger partial charge in [-0.2, -0.15) is 0 Å². The average Bonchev–Trinajstić information content (AvgIpc) is 2.47. The number of nitrogens with zero attached hydrogens (tertiary/aromatic N) is 1. The van der Waals surface area contributed by atoms with Crippen molar-refractivity contribution in [3.63, 3.8) is 0 Å². The molecule has 0 fully saturated rings. The molecule has 1 aromatic carbocycles. The van der Waals surface area contributed by atoms with E-state index >= 15 is 0 Å². The fourth-order valence-electron chi connectivity index (χ4n) is 1.25. The Hall–Kier alpha value is -0.940. The maximum absolute atomic E-state index is 10.7. The van der Waals surface area contributed by atoms with Gasteiger partial charge in [0.1, 0.15) is 0 Å². The molecular formula is C9H6BrNO2S. The first-order valence-electron chi connectivity index (χ1n) is 3.88. The third-order valence-corrected chi connectivity index (χ3v) is 3.28. The number of thiazole rings is 1. The molecule has 0 atom stereocenters. The highest BCUT2D eigenvalue weighted by atomic mass is 79.9. The van der Waals surface area contributed by atoms with Crippen molar-refractivity contribution >= 4 is 43.5 Å². The molecule has 1 N–H and O–H groups in total. The zero-order valence-electron chi connectivity index (χ0n) is 7.24. The molecule has 0 amide bonds. The second-order valence-electron chi connectivity index (χ2n) is 2.89. The molecule has 2 aromatic rings. The highest BCUT2D eigenvalue weighted by Crippen LogP contribution is 2.28. The molecule has 0 saturated heterocycles. The zero-order chi connectivity index (χ0) is 10.3. The van der Waals surface area contributed by atoms with Crippen LogP contribution < -0.4 is 0 Å². The topological polar surface area (TPSA) is 50.2 Å². The Bertz CT molecular complexity index is 521. The number of benzene rings is 1. The van der Waals surface area contributed by atoms with Crippen LogP contribution in [0.25, 0.3) is 10.2 Å². The van der Waals surface area contributed by atoms with Crippen molar-refractivity contribution < 1.29 is 9.90 Å². The van der Waals surface area contributed by atoms with E-state index in [1.165, 1.54) is 11.3 Å². The number of fused-ring (bicyclic) bond motifs is 1. The largest absolute Gasteiger partial charge is 0.476 e. The second kappa shape index (κ2) is 3.33. The van der Waals surface area contributed by atoms with Crippen LogP contribution in [-0.2, 0) is 0 Å². The van der Waals surface area contributed by atoms with Crippen LogP contribution in [0.4, 0.5) is 0 Å². The molecule has 0 aliphatic rings. The Labute approximate surface area is 92.5 Å². The van der Waals surface area contributed by atoms with Crippen molar-refractivity contribution in [3.05, 3.63) is 27.2 Å². The number of carboxylic acid groups (broad SMARTS) is 1. The highest BCUT2D eigenvalue weighted by molar-refractivity contribution is 9.10. The molecule has 0 bridgehead atoms. The van der Waals surface area contributed by atoms with Gasteiger partial charge < -0.3 is 5.11 Å². The summed E-state index contributed by atoms with van der Waals surface area (Å²) in [5.74, 6) is -0.971. The van der Waals surface area contributed by atoms with Gasteiger partial charge >= 0.3 is 5.97 Å². The van der Waals surface area contributed by atoms with Gasteiger partial charge in [0, 0.05) is 4.47 Å².